The first kappa shape index (κ1) is 22.4. The predicted octanol–water partition coefficient (Wildman–Crippen LogP) is 4.90. The minimum absolute atomic E-state index is 0.203. The van der Waals surface area contributed by atoms with E-state index in [0.29, 0.717) is 48.0 Å². The fraction of sp³-hybridized carbons (Fsp3) is 0.385. The van der Waals surface area contributed by atoms with Crippen molar-refractivity contribution in [3.8, 4) is 33.9 Å². The highest BCUT2D eigenvalue weighted by molar-refractivity contribution is 6.02. The van der Waals surface area contributed by atoms with Crippen molar-refractivity contribution in [2.75, 3.05) is 26.3 Å². The van der Waals surface area contributed by atoms with E-state index >= 15 is 0 Å². The molecule has 1 aromatic heterocycles. The summed E-state index contributed by atoms with van der Waals surface area (Å²) in [5, 5.41) is 7.00. The molecule has 0 aliphatic carbocycles. The van der Waals surface area contributed by atoms with Gasteiger partial charge in [-0.3, -0.25) is 19.5 Å². The van der Waals surface area contributed by atoms with Crippen molar-refractivity contribution >= 4 is 5.91 Å². The summed E-state index contributed by atoms with van der Waals surface area (Å²) in [5.41, 5.74) is 5.72. The van der Waals surface area contributed by atoms with Crippen molar-refractivity contribution in [3.05, 3.63) is 52.7 Å². The van der Waals surface area contributed by atoms with Crippen molar-refractivity contribution in [1.82, 2.24) is 15.4 Å². The van der Waals surface area contributed by atoms with Crippen LogP contribution in [0, 0.1) is 0 Å². The number of halogens is 1. The van der Waals surface area contributed by atoms with E-state index < -0.39 is 0 Å². The van der Waals surface area contributed by atoms with E-state index in [1.807, 2.05) is 25.1 Å². The molecule has 8 heteroatoms. The van der Waals surface area contributed by atoms with Crippen molar-refractivity contribution in [1.29, 1.82) is 0 Å². The van der Waals surface area contributed by atoms with Gasteiger partial charge in [-0.25, -0.2) is 4.39 Å². The fourth-order valence-electron chi connectivity index (χ4n) is 4.66. The highest BCUT2D eigenvalue weighted by Gasteiger charge is 2.31. The first-order valence-corrected chi connectivity index (χ1v) is 11.7. The maximum atomic E-state index is 12.9. The smallest absolute Gasteiger partial charge is 0.274 e. The molecule has 34 heavy (non-hydrogen) atoms. The Bertz CT molecular complexity index is 1240. The Hall–Kier alpha value is -3.39. The molecule has 1 amide bonds. The lowest BCUT2D eigenvalue weighted by Gasteiger charge is -2.28. The second-order valence-corrected chi connectivity index (χ2v) is 9.00. The molecule has 0 saturated carbocycles. The molecule has 3 heterocycles. The van der Waals surface area contributed by atoms with Gasteiger partial charge < -0.3 is 9.84 Å². The summed E-state index contributed by atoms with van der Waals surface area (Å²) in [4.78, 5) is 25.9. The fourth-order valence-corrected chi connectivity index (χ4v) is 4.66. The lowest BCUT2D eigenvalue weighted by molar-refractivity contribution is -0.0850. The Kier molecular flexibility index (Phi) is 6.00. The van der Waals surface area contributed by atoms with Gasteiger partial charge >= 0.3 is 0 Å². The number of amides is 1. The number of hydrogen-bond acceptors (Lipinski definition) is 6. The standard InChI is InChI=1S/C26H28FN3O4/c1-4-28-26(31)24-23(17-5-6-18-14-30(10-8-27)9-7-16(18)11-17)25(32-29-24)20-12-19(15(2)3)21-13-22(20)34-33-21/h5-6,11-13,15H,4,7-10,14H2,1-3H3,(H,28,31). The third kappa shape index (κ3) is 3.92. The Morgan fingerprint density at radius 3 is 2.76 bits per heavy atom. The van der Waals surface area contributed by atoms with E-state index in [1.54, 1.807) is 0 Å². The SMILES string of the molecule is CCNC(=O)c1noc(-c2cc(C(C)C)c3cc2OO3)c1-c1ccc2c(c1)CCN(CCF)C2. The first-order valence-electron chi connectivity index (χ1n) is 11.7. The van der Waals surface area contributed by atoms with Crippen LogP contribution in [0.4, 0.5) is 4.39 Å². The van der Waals surface area contributed by atoms with E-state index in [0.717, 1.165) is 24.1 Å². The molecule has 2 aromatic carbocycles. The number of carbonyl (C=O) groups is 1. The molecule has 2 bridgehead atoms. The molecule has 0 spiro atoms. The van der Waals surface area contributed by atoms with Gasteiger partial charge in [-0.05, 0) is 42.0 Å². The molecule has 5 rings (SSSR count). The second-order valence-electron chi connectivity index (χ2n) is 9.00. The van der Waals surface area contributed by atoms with Crippen LogP contribution in [0.15, 0.2) is 34.9 Å². The molecule has 0 atom stereocenters. The summed E-state index contributed by atoms with van der Waals surface area (Å²) in [6.45, 7) is 8.10. The predicted molar refractivity (Wildman–Crippen MR) is 126 cm³/mol. The van der Waals surface area contributed by atoms with Gasteiger partial charge in [0.25, 0.3) is 5.91 Å². The van der Waals surface area contributed by atoms with E-state index in [9.17, 15) is 9.18 Å². The van der Waals surface area contributed by atoms with Gasteiger partial charge in [0.05, 0.1) is 11.1 Å². The average molecular weight is 466 g/mol. The third-order valence-electron chi connectivity index (χ3n) is 6.43. The van der Waals surface area contributed by atoms with Crippen LogP contribution < -0.4 is 15.1 Å². The lowest BCUT2D eigenvalue weighted by Crippen LogP contribution is -2.32. The molecule has 7 nitrogen and oxygen atoms in total. The Morgan fingerprint density at radius 1 is 1.18 bits per heavy atom. The Balaban J connectivity index is 1.63. The minimum atomic E-state index is -0.349. The van der Waals surface area contributed by atoms with Gasteiger partial charge in [-0.1, -0.05) is 37.2 Å². The van der Waals surface area contributed by atoms with Gasteiger partial charge in [0.15, 0.2) is 23.0 Å². The van der Waals surface area contributed by atoms with Crippen molar-refractivity contribution in [3.63, 3.8) is 0 Å². The Morgan fingerprint density at radius 2 is 2.00 bits per heavy atom. The number of aromatic nitrogens is 1. The topological polar surface area (TPSA) is 76.8 Å². The number of hydrogen-bond donors (Lipinski definition) is 1. The van der Waals surface area contributed by atoms with Crippen LogP contribution in [0.3, 0.4) is 0 Å². The summed E-state index contributed by atoms with van der Waals surface area (Å²) in [6, 6.07) is 9.95. The Labute approximate surface area is 197 Å². The van der Waals surface area contributed by atoms with Gasteiger partial charge in [-0.15, -0.1) is 0 Å². The molecule has 3 aromatic rings. The number of fused-ring (bicyclic) bond motifs is 3. The number of carbonyl (C=O) groups excluding carboxylic acids is 1. The zero-order valence-electron chi connectivity index (χ0n) is 19.6. The monoisotopic (exact) mass is 465 g/mol. The summed E-state index contributed by atoms with van der Waals surface area (Å²) < 4.78 is 18.6. The summed E-state index contributed by atoms with van der Waals surface area (Å²) in [5.74, 6) is 1.58. The van der Waals surface area contributed by atoms with Crippen LogP contribution in [-0.2, 0) is 13.0 Å². The maximum absolute atomic E-state index is 12.9. The van der Waals surface area contributed by atoms with Gasteiger partial charge in [-0.2, -0.15) is 0 Å². The lowest BCUT2D eigenvalue weighted by atomic mass is 9.91. The number of rotatable bonds is 7. The quantitative estimate of drug-likeness (QED) is 0.501. The minimum Gasteiger partial charge on any atom is -0.355 e. The molecular weight excluding hydrogens is 437 g/mol. The summed E-state index contributed by atoms with van der Waals surface area (Å²) in [7, 11) is 0. The van der Waals surface area contributed by atoms with Crippen LogP contribution in [0.2, 0.25) is 0 Å². The zero-order valence-corrected chi connectivity index (χ0v) is 19.6. The molecule has 0 unspecified atom stereocenters. The van der Waals surface area contributed by atoms with E-state index in [4.69, 9.17) is 14.3 Å². The molecule has 0 radical (unpaired) electrons. The van der Waals surface area contributed by atoms with Crippen LogP contribution in [0.1, 0.15) is 53.9 Å². The van der Waals surface area contributed by atoms with Gasteiger partial charge in [0, 0.05) is 37.8 Å². The highest BCUT2D eigenvalue weighted by Crippen LogP contribution is 2.46. The summed E-state index contributed by atoms with van der Waals surface area (Å²) in [6.07, 6.45) is 0.814. The number of nitrogens with zero attached hydrogens (tertiary/aromatic N) is 2. The highest BCUT2D eigenvalue weighted by atomic mass is 19.1. The normalized spacial score (nSPS) is 14.6. The van der Waals surface area contributed by atoms with Crippen molar-refractivity contribution < 1.29 is 23.5 Å². The maximum Gasteiger partial charge on any atom is 0.274 e. The van der Waals surface area contributed by atoms with Gasteiger partial charge in [0.2, 0.25) is 0 Å². The van der Waals surface area contributed by atoms with Crippen molar-refractivity contribution in [2.24, 2.45) is 0 Å². The first-order chi connectivity index (χ1) is 16.5. The molecule has 178 valence electrons. The molecule has 2 aliphatic rings. The summed E-state index contributed by atoms with van der Waals surface area (Å²) >= 11 is 0. The number of alkyl halides is 1. The van der Waals surface area contributed by atoms with E-state index in [1.165, 1.54) is 11.1 Å². The van der Waals surface area contributed by atoms with E-state index in [-0.39, 0.29) is 24.2 Å². The average Bonchev–Trinajstić information content (AvgIpc) is 3.44. The van der Waals surface area contributed by atoms with Gasteiger partial charge in [0.1, 0.15) is 6.67 Å². The van der Waals surface area contributed by atoms with Crippen LogP contribution >= 0.6 is 0 Å². The molecule has 0 saturated heterocycles. The molecule has 2 aliphatic heterocycles. The molecule has 1 N–H and O–H groups in total. The van der Waals surface area contributed by atoms with Crippen molar-refractivity contribution in [2.45, 2.75) is 39.7 Å². The van der Waals surface area contributed by atoms with Crippen LogP contribution in [0.25, 0.3) is 22.5 Å². The molecular formula is C26H28FN3O4. The van der Waals surface area contributed by atoms with Crippen LogP contribution in [0.5, 0.6) is 11.5 Å². The largest absolute Gasteiger partial charge is 0.355 e. The molecule has 0 fully saturated rings. The third-order valence-corrected chi connectivity index (χ3v) is 6.43. The second kappa shape index (κ2) is 9.10. The number of nitrogens with one attached hydrogen (secondary N) is 1. The van der Waals surface area contributed by atoms with E-state index in [2.05, 4.69) is 41.4 Å². The number of benzene rings is 2. The van der Waals surface area contributed by atoms with Crippen LogP contribution in [-0.4, -0.2) is 42.3 Å². The zero-order chi connectivity index (χ0) is 23.8.